The van der Waals surface area contributed by atoms with E-state index in [-0.39, 0.29) is 32.5 Å². The van der Waals surface area contributed by atoms with Crippen LogP contribution in [0, 0.1) is 12.5 Å². The minimum Gasteiger partial charge on any atom is -0.369 e. The fourth-order valence-electron chi connectivity index (χ4n) is 3.43. The van der Waals surface area contributed by atoms with Gasteiger partial charge in [0.2, 0.25) is 0 Å². The quantitative estimate of drug-likeness (QED) is 0.565. The molecule has 26 heavy (non-hydrogen) atoms. The number of hydrogen-bond donors (Lipinski definition) is 2. The summed E-state index contributed by atoms with van der Waals surface area (Å²) in [6.45, 7) is 7.67. The second-order valence-corrected chi connectivity index (χ2v) is 7.28. The van der Waals surface area contributed by atoms with E-state index in [9.17, 15) is 4.79 Å². The number of carbonyl (C=O) groups is 1. The molecule has 7 nitrogen and oxygen atoms in total. The van der Waals surface area contributed by atoms with Gasteiger partial charge in [-0.05, 0) is 42.9 Å². The number of imidazole rings is 1. The number of carbonyl (C=O) groups excluding carboxylic acids is 1. The van der Waals surface area contributed by atoms with Gasteiger partial charge in [0, 0.05) is 33.5 Å². The third kappa shape index (κ3) is 4.03. The monoisotopic (exact) mass is 528 g/mol. The van der Waals surface area contributed by atoms with E-state index in [2.05, 4.69) is 40.6 Å². The van der Waals surface area contributed by atoms with Crippen LogP contribution in [0.25, 0.3) is 5.65 Å². The molecule has 3 heterocycles. The molecule has 0 aromatic carbocycles. The molecule has 0 spiro atoms. The van der Waals surface area contributed by atoms with Crippen molar-refractivity contribution in [3.05, 3.63) is 36.3 Å². The molecule has 141 valence electrons. The average Bonchev–Trinajstić information content (AvgIpc) is 3.33. The Labute approximate surface area is 167 Å². The Morgan fingerprint density at radius 2 is 2.19 bits per heavy atom. The predicted molar refractivity (Wildman–Crippen MR) is 94.8 cm³/mol. The van der Waals surface area contributed by atoms with Crippen molar-refractivity contribution in [2.75, 3.05) is 13.1 Å². The van der Waals surface area contributed by atoms with Crippen LogP contribution in [-0.2, 0) is 20.4 Å². The van der Waals surface area contributed by atoms with E-state index in [0.29, 0.717) is 12.0 Å². The van der Waals surface area contributed by atoms with Gasteiger partial charge in [0.1, 0.15) is 5.65 Å². The minimum atomic E-state index is 0. The van der Waals surface area contributed by atoms with Crippen LogP contribution in [0.3, 0.4) is 0 Å². The normalized spacial score (nSPS) is 18.6. The van der Waals surface area contributed by atoms with E-state index >= 15 is 0 Å². The van der Waals surface area contributed by atoms with Crippen LogP contribution < -0.4 is 10.6 Å². The molecule has 1 saturated carbocycles. The van der Waals surface area contributed by atoms with Gasteiger partial charge in [-0.15, -0.1) is 6.54 Å². The third-order valence-electron chi connectivity index (χ3n) is 4.78. The van der Waals surface area contributed by atoms with Crippen LogP contribution in [0.4, 0.5) is 4.79 Å². The number of amides is 2. The summed E-state index contributed by atoms with van der Waals surface area (Å²) in [5.74, 6) is 0.539. The van der Waals surface area contributed by atoms with E-state index < -0.39 is 0 Å². The van der Waals surface area contributed by atoms with Crippen LogP contribution in [-0.4, -0.2) is 44.7 Å². The summed E-state index contributed by atoms with van der Waals surface area (Å²) in [4.78, 5) is 18.9. The summed E-state index contributed by atoms with van der Waals surface area (Å²) in [5, 5.41) is 10.7. The maximum Gasteiger partial charge on any atom is 0.317 e. The molecule has 2 aromatic heterocycles. The molecular weight excluding hydrogens is 502 g/mol. The Morgan fingerprint density at radius 3 is 2.88 bits per heavy atom. The number of urea groups is 1. The summed E-state index contributed by atoms with van der Waals surface area (Å²) in [6, 6.07) is 2.59. The van der Waals surface area contributed by atoms with Gasteiger partial charge in [0.25, 0.3) is 0 Å². The SMILES string of the molecule is CC(C)N[CH-]c1cn2ncc(C(C3CC3)N3CCCNC3=O)cc2n1.[Re]. The van der Waals surface area contributed by atoms with Gasteiger partial charge >= 0.3 is 6.03 Å². The molecule has 2 aromatic rings. The minimum absolute atomic E-state index is 0. The first-order valence-corrected chi connectivity index (χ1v) is 9.11. The topological polar surface area (TPSA) is 74.6 Å². The zero-order valence-corrected chi connectivity index (χ0v) is 17.9. The average molecular weight is 528 g/mol. The molecule has 8 heteroatoms. The van der Waals surface area contributed by atoms with Gasteiger partial charge in [0.05, 0.1) is 12.2 Å². The molecule has 0 bridgehead atoms. The first-order valence-electron chi connectivity index (χ1n) is 9.11. The van der Waals surface area contributed by atoms with Gasteiger partial charge < -0.3 is 20.0 Å². The Balaban J connectivity index is 0.00000196. The molecule has 2 amide bonds. The molecule has 2 fully saturated rings. The standard InChI is InChI=1S/C18H25N6O.Re/c1-12(2)20-10-15-11-24-16(22-15)8-14(9-21-24)17(13-4-5-13)23-7-3-6-19-18(23)25;/h8-13,17,20H,3-7H2,1-2H3,(H,19,25);/q-1;. The fraction of sp³-hybridized carbons (Fsp3) is 0.556. The molecule has 1 atom stereocenters. The zero-order chi connectivity index (χ0) is 17.4. The fourth-order valence-corrected chi connectivity index (χ4v) is 3.43. The molecular formula is C18H25N6ORe-. The Bertz CT molecular complexity index is 772. The Hall–Kier alpha value is -1.62. The summed E-state index contributed by atoms with van der Waals surface area (Å²) in [5.41, 5.74) is 2.76. The van der Waals surface area contributed by atoms with Crippen molar-refractivity contribution in [1.29, 1.82) is 0 Å². The maximum absolute atomic E-state index is 12.3. The van der Waals surface area contributed by atoms with E-state index in [1.54, 1.807) is 4.52 Å². The van der Waals surface area contributed by atoms with Crippen LogP contribution in [0.2, 0.25) is 0 Å². The summed E-state index contributed by atoms with van der Waals surface area (Å²) in [6.07, 6.45) is 7.14. The van der Waals surface area contributed by atoms with Crippen molar-refractivity contribution in [3.8, 4) is 0 Å². The van der Waals surface area contributed by atoms with Crippen LogP contribution >= 0.6 is 0 Å². The third-order valence-corrected chi connectivity index (χ3v) is 4.78. The molecule has 2 N–H and O–H groups in total. The number of aromatic nitrogens is 3. The molecule has 4 rings (SSSR count). The van der Waals surface area contributed by atoms with Crippen molar-refractivity contribution in [3.63, 3.8) is 0 Å². The summed E-state index contributed by atoms with van der Waals surface area (Å²) in [7, 11) is 0. The number of nitrogens with zero attached hydrogens (tertiary/aromatic N) is 4. The van der Waals surface area contributed by atoms with E-state index in [1.807, 2.05) is 23.8 Å². The number of rotatable bonds is 6. The maximum atomic E-state index is 12.3. The van der Waals surface area contributed by atoms with Crippen LogP contribution in [0.15, 0.2) is 18.5 Å². The summed E-state index contributed by atoms with van der Waals surface area (Å²) < 4.78 is 1.79. The van der Waals surface area contributed by atoms with Crippen molar-refractivity contribution >= 4 is 11.7 Å². The Kier molecular flexibility index (Phi) is 5.86. The smallest absolute Gasteiger partial charge is 0.317 e. The van der Waals surface area contributed by atoms with Crippen molar-refractivity contribution < 1.29 is 25.2 Å². The molecule has 1 radical (unpaired) electrons. The van der Waals surface area contributed by atoms with E-state index in [0.717, 1.165) is 36.4 Å². The second kappa shape index (κ2) is 7.95. The summed E-state index contributed by atoms with van der Waals surface area (Å²) >= 11 is 0. The number of hydrogen-bond acceptors (Lipinski definition) is 4. The van der Waals surface area contributed by atoms with Gasteiger partial charge in [-0.3, -0.25) is 4.98 Å². The van der Waals surface area contributed by atoms with Crippen LogP contribution in [0.1, 0.15) is 50.4 Å². The largest absolute Gasteiger partial charge is 0.369 e. The van der Waals surface area contributed by atoms with Gasteiger partial charge in [-0.1, -0.05) is 25.7 Å². The number of fused-ring (bicyclic) bond motifs is 1. The zero-order valence-electron chi connectivity index (χ0n) is 15.2. The number of nitrogens with one attached hydrogen (secondary N) is 2. The van der Waals surface area contributed by atoms with E-state index in [1.165, 1.54) is 12.8 Å². The molecule has 1 unspecified atom stereocenters. The second-order valence-electron chi connectivity index (χ2n) is 7.28. The predicted octanol–water partition coefficient (Wildman–Crippen LogP) is 2.10. The molecule has 1 saturated heterocycles. The van der Waals surface area contributed by atoms with Gasteiger partial charge in [0.15, 0.2) is 0 Å². The first-order chi connectivity index (χ1) is 12.1. The van der Waals surface area contributed by atoms with Crippen molar-refractivity contribution in [2.24, 2.45) is 5.92 Å². The Morgan fingerprint density at radius 1 is 1.38 bits per heavy atom. The van der Waals surface area contributed by atoms with Gasteiger partial charge in [-0.25, -0.2) is 4.79 Å². The first kappa shape index (κ1) is 19.2. The molecule has 1 aliphatic carbocycles. The van der Waals surface area contributed by atoms with Crippen molar-refractivity contribution in [1.82, 2.24) is 30.1 Å². The van der Waals surface area contributed by atoms with Crippen LogP contribution in [0.5, 0.6) is 0 Å². The molecule has 2 aliphatic rings. The van der Waals surface area contributed by atoms with Gasteiger partial charge in [-0.2, -0.15) is 5.10 Å². The molecule has 1 aliphatic heterocycles. The van der Waals surface area contributed by atoms with Crippen molar-refractivity contribution in [2.45, 2.75) is 45.2 Å². The van der Waals surface area contributed by atoms with E-state index in [4.69, 9.17) is 0 Å².